The van der Waals surface area contributed by atoms with Crippen molar-refractivity contribution in [3.63, 3.8) is 0 Å². The van der Waals surface area contributed by atoms with E-state index in [0.29, 0.717) is 11.5 Å². The molecule has 9 heteroatoms. The average molecular weight is 337 g/mol. The van der Waals surface area contributed by atoms with Crippen LogP contribution in [0, 0.1) is 5.82 Å². The fourth-order valence-corrected chi connectivity index (χ4v) is 2.51. The number of fused-ring (bicyclic) bond motifs is 1. The van der Waals surface area contributed by atoms with Gasteiger partial charge < -0.3 is 10.3 Å². The van der Waals surface area contributed by atoms with Crippen molar-refractivity contribution in [2.45, 2.75) is 6.54 Å². The van der Waals surface area contributed by atoms with Gasteiger partial charge in [-0.1, -0.05) is 12.1 Å². The Morgan fingerprint density at radius 3 is 2.92 bits per heavy atom. The molecule has 2 aromatic carbocycles. The molecular weight excluding hydrogens is 325 g/mol. The molecule has 8 nitrogen and oxygen atoms in total. The van der Waals surface area contributed by atoms with Crippen molar-refractivity contribution >= 4 is 16.9 Å². The van der Waals surface area contributed by atoms with Crippen molar-refractivity contribution in [3.05, 3.63) is 66.0 Å². The molecule has 0 unspecified atom stereocenters. The summed E-state index contributed by atoms with van der Waals surface area (Å²) in [6.45, 7) is 0.180. The number of aromatic nitrogens is 6. The van der Waals surface area contributed by atoms with Crippen LogP contribution >= 0.6 is 0 Å². The predicted molar refractivity (Wildman–Crippen MR) is 86.4 cm³/mol. The summed E-state index contributed by atoms with van der Waals surface area (Å²) in [5, 5.41) is 13.5. The number of hydrogen-bond acceptors (Lipinski definition) is 5. The minimum absolute atomic E-state index is 0.128. The number of benzene rings is 2. The van der Waals surface area contributed by atoms with Gasteiger partial charge in [-0.25, -0.2) is 9.37 Å². The van der Waals surface area contributed by atoms with Crippen LogP contribution in [-0.2, 0) is 6.54 Å². The first-order chi connectivity index (χ1) is 12.2. The summed E-state index contributed by atoms with van der Waals surface area (Å²) in [5.74, 6) is -0.369. The van der Waals surface area contributed by atoms with Gasteiger partial charge in [-0.2, -0.15) is 4.68 Å². The minimum Gasteiger partial charge on any atom is -0.345 e. The Morgan fingerprint density at radius 2 is 2.12 bits per heavy atom. The van der Waals surface area contributed by atoms with E-state index in [4.69, 9.17) is 0 Å². The molecule has 0 fully saturated rings. The fraction of sp³-hybridized carbons (Fsp3) is 0.0625. The molecule has 0 aliphatic rings. The van der Waals surface area contributed by atoms with Gasteiger partial charge >= 0.3 is 0 Å². The monoisotopic (exact) mass is 337 g/mol. The van der Waals surface area contributed by atoms with E-state index in [9.17, 15) is 9.18 Å². The number of nitrogens with one attached hydrogen (secondary N) is 2. The summed E-state index contributed by atoms with van der Waals surface area (Å²) < 4.78 is 14.9. The second kappa shape index (κ2) is 6.11. The zero-order valence-electron chi connectivity index (χ0n) is 12.8. The molecule has 1 amide bonds. The molecule has 0 aliphatic carbocycles. The van der Waals surface area contributed by atoms with Gasteiger partial charge in [0.15, 0.2) is 0 Å². The third-order valence-corrected chi connectivity index (χ3v) is 3.65. The Bertz CT molecular complexity index is 1010. The highest BCUT2D eigenvalue weighted by atomic mass is 19.1. The van der Waals surface area contributed by atoms with E-state index in [1.165, 1.54) is 23.1 Å². The normalized spacial score (nSPS) is 10.9. The number of aromatic amines is 1. The van der Waals surface area contributed by atoms with Crippen molar-refractivity contribution in [3.8, 4) is 5.69 Å². The third kappa shape index (κ3) is 2.94. The highest BCUT2D eigenvalue weighted by Crippen LogP contribution is 2.15. The summed E-state index contributed by atoms with van der Waals surface area (Å²) >= 11 is 0. The first kappa shape index (κ1) is 14.9. The van der Waals surface area contributed by atoms with Crippen molar-refractivity contribution < 1.29 is 9.18 Å². The Labute approximate surface area is 140 Å². The number of amides is 1. The lowest BCUT2D eigenvalue weighted by Crippen LogP contribution is -2.25. The zero-order valence-corrected chi connectivity index (χ0v) is 12.8. The number of carbonyl (C=O) groups is 1. The first-order valence-electron chi connectivity index (χ1n) is 7.45. The quantitative estimate of drug-likeness (QED) is 0.589. The Morgan fingerprint density at radius 1 is 1.24 bits per heavy atom. The lowest BCUT2D eigenvalue weighted by molar-refractivity contribution is 0.0949. The molecule has 0 atom stereocenters. The number of rotatable bonds is 4. The van der Waals surface area contributed by atoms with E-state index in [1.54, 1.807) is 0 Å². The Kier molecular flexibility index (Phi) is 3.65. The van der Waals surface area contributed by atoms with Crippen molar-refractivity contribution in [2.24, 2.45) is 0 Å². The van der Waals surface area contributed by atoms with E-state index >= 15 is 0 Å². The number of tetrazole rings is 1. The lowest BCUT2D eigenvalue weighted by atomic mass is 10.1. The van der Waals surface area contributed by atoms with Crippen LogP contribution in [0.1, 0.15) is 16.2 Å². The zero-order chi connectivity index (χ0) is 17.2. The van der Waals surface area contributed by atoms with E-state index in [1.807, 2.05) is 24.3 Å². The molecule has 0 saturated heterocycles. The molecule has 124 valence electrons. The van der Waals surface area contributed by atoms with Gasteiger partial charge in [-0.15, -0.1) is 5.10 Å². The molecule has 0 bridgehead atoms. The van der Waals surface area contributed by atoms with Crippen LogP contribution in [0.15, 0.2) is 48.8 Å². The number of H-pyrrole nitrogens is 1. The highest BCUT2D eigenvalue weighted by Gasteiger charge is 2.15. The van der Waals surface area contributed by atoms with Gasteiger partial charge in [-0.3, -0.25) is 4.79 Å². The maximum atomic E-state index is 13.6. The van der Waals surface area contributed by atoms with Crippen LogP contribution in [0.3, 0.4) is 0 Å². The molecule has 2 aromatic heterocycles. The van der Waals surface area contributed by atoms with Crippen LogP contribution in [0.4, 0.5) is 4.39 Å². The van der Waals surface area contributed by atoms with Crippen LogP contribution in [-0.4, -0.2) is 36.1 Å². The van der Waals surface area contributed by atoms with Gasteiger partial charge in [0.05, 0.1) is 28.8 Å². The van der Waals surface area contributed by atoms with Crippen molar-refractivity contribution in [2.75, 3.05) is 0 Å². The van der Waals surface area contributed by atoms with Crippen LogP contribution in [0.5, 0.6) is 0 Å². The maximum Gasteiger partial charge on any atom is 0.253 e. The molecular formula is C16H12FN7O. The van der Waals surface area contributed by atoms with Crippen molar-refractivity contribution in [1.29, 1.82) is 0 Å². The van der Waals surface area contributed by atoms with E-state index in [-0.39, 0.29) is 12.1 Å². The minimum atomic E-state index is -0.522. The fourth-order valence-electron chi connectivity index (χ4n) is 2.51. The van der Waals surface area contributed by atoms with Gasteiger partial charge in [0, 0.05) is 0 Å². The molecule has 4 rings (SSSR count). The summed E-state index contributed by atoms with van der Waals surface area (Å²) in [6.07, 6.45) is 1.34. The number of hydrogen-bond donors (Lipinski definition) is 2. The van der Waals surface area contributed by atoms with Gasteiger partial charge in [0.1, 0.15) is 18.0 Å². The van der Waals surface area contributed by atoms with Gasteiger partial charge in [-0.05, 0) is 40.8 Å². The van der Waals surface area contributed by atoms with Crippen LogP contribution < -0.4 is 5.32 Å². The SMILES string of the molecule is O=C(NCc1nc2ccccc2[nH]1)c1cc(F)ccc1-n1cnnn1. The summed E-state index contributed by atoms with van der Waals surface area (Å²) in [7, 11) is 0. The maximum absolute atomic E-state index is 13.6. The molecule has 25 heavy (non-hydrogen) atoms. The second-order valence-electron chi connectivity index (χ2n) is 5.30. The standard InChI is InChI=1S/C16H12FN7O/c17-10-5-6-14(24-9-19-22-23-24)11(7-10)16(25)18-8-15-20-12-3-1-2-4-13(12)21-15/h1-7,9H,8H2,(H,18,25)(H,20,21). The summed E-state index contributed by atoms with van der Waals surface area (Å²) in [6, 6.07) is 11.4. The summed E-state index contributed by atoms with van der Waals surface area (Å²) in [5.41, 5.74) is 2.20. The van der Waals surface area contributed by atoms with Crippen LogP contribution in [0.25, 0.3) is 16.7 Å². The number of nitrogens with zero attached hydrogens (tertiary/aromatic N) is 5. The summed E-state index contributed by atoms with van der Waals surface area (Å²) in [4.78, 5) is 20.0. The van der Waals surface area contributed by atoms with E-state index in [0.717, 1.165) is 17.1 Å². The second-order valence-corrected chi connectivity index (χ2v) is 5.30. The molecule has 0 radical (unpaired) electrons. The van der Waals surface area contributed by atoms with Crippen molar-refractivity contribution in [1.82, 2.24) is 35.5 Å². The Hall–Kier alpha value is -3.62. The topological polar surface area (TPSA) is 101 Å². The van der Waals surface area contributed by atoms with Crippen LogP contribution in [0.2, 0.25) is 0 Å². The molecule has 4 aromatic rings. The Balaban J connectivity index is 1.57. The van der Waals surface area contributed by atoms with Gasteiger partial charge in [0.25, 0.3) is 5.91 Å². The smallest absolute Gasteiger partial charge is 0.253 e. The third-order valence-electron chi connectivity index (χ3n) is 3.65. The molecule has 2 N–H and O–H groups in total. The molecule has 0 spiro atoms. The number of para-hydroxylation sites is 2. The first-order valence-corrected chi connectivity index (χ1v) is 7.45. The number of imidazole rings is 1. The number of carbonyl (C=O) groups excluding carboxylic acids is 1. The van der Waals surface area contributed by atoms with Gasteiger partial charge in [0.2, 0.25) is 0 Å². The molecule has 0 aliphatic heterocycles. The molecule has 2 heterocycles. The molecule has 0 saturated carbocycles. The largest absolute Gasteiger partial charge is 0.345 e. The number of halogens is 1. The van der Waals surface area contributed by atoms with E-state index in [2.05, 4.69) is 30.8 Å². The highest BCUT2D eigenvalue weighted by molar-refractivity contribution is 5.97. The van der Waals surface area contributed by atoms with E-state index < -0.39 is 11.7 Å². The average Bonchev–Trinajstić information content (AvgIpc) is 3.28. The lowest BCUT2D eigenvalue weighted by Gasteiger charge is -2.09. The predicted octanol–water partition coefficient (Wildman–Crippen LogP) is 1.61.